The Bertz CT molecular complexity index is 1120. The smallest absolute Gasteiger partial charge is 0.339 e. The summed E-state index contributed by atoms with van der Waals surface area (Å²) >= 11 is 5.81. The molecule has 0 aliphatic carbocycles. The minimum atomic E-state index is -1.00. The van der Waals surface area contributed by atoms with Gasteiger partial charge in [-0.05, 0) is 32.2 Å². The van der Waals surface area contributed by atoms with Crippen LogP contribution in [0.2, 0.25) is 5.02 Å². The number of esters is 1. The Labute approximate surface area is 179 Å². The van der Waals surface area contributed by atoms with E-state index >= 15 is 0 Å². The fraction of sp³-hybridized carbons (Fsp3) is 0.273. The molecule has 0 bridgehead atoms. The van der Waals surface area contributed by atoms with Crippen molar-refractivity contribution in [3.63, 3.8) is 0 Å². The Morgan fingerprint density at radius 3 is 2.80 bits per heavy atom. The van der Waals surface area contributed by atoms with Gasteiger partial charge in [0.25, 0.3) is 5.91 Å². The highest BCUT2D eigenvalue weighted by Crippen LogP contribution is 2.28. The molecule has 0 saturated carbocycles. The third-order valence-corrected chi connectivity index (χ3v) is 5.30. The van der Waals surface area contributed by atoms with E-state index in [1.165, 1.54) is 13.1 Å². The summed E-state index contributed by atoms with van der Waals surface area (Å²) in [6.45, 7) is 3.01. The molecule has 1 atom stereocenters. The van der Waals surface area contributed by atoms with Gasteiger partial charge >= 0.3 is 5.97 Å². The number of nitrogens with one attached hydrogen (secondary N) is 1. The molecule has 0 fully saturated rings. The van der Waals surface area contributed by atoms with Crippen molar-refractivity contribution in [1.29, 1.82) is 0 Å². The maximum absolute atomic E-state index is 13.2. The fourth-order valence-electron chi connectivity index (χ4n) is 3.51. The highest BCUT2D eigenvalue weighted by atomic mass is 35.5. The van der Waals surface area contributed by atoms with Crippen molar-refractivity contribution in [1.82, 2.24) is 14.9 Å². The predicted octanol–water partition coefficient (Wildman–Crippen LogP) is 3.46. The number of aromatic nitrogens is 2. The number of para-hydroxylation sites is 1. The third kappa shape index (κ3) is 4.13. The number of likely N-dealkylation sites (N-methyl/N-ethyl adjacent to an activating group) is 1. The Morgan fingerprint density at radius 2 is 2.03 bits per heavy atom. The molecule has 0 spiro atoms. The second-order valence-electron chi connectivity index (χ2n) is 7.32. The topological polar surface area (TPSA) is 84.4 Å². The molecule has 2 aromatic heterocycles. The summed E-state index contributed by atoms with van der Waals surface area (Å²) in [4.78, 5) is 36.6. The number of amides is 1. The van der Waals surface area contributed by atoms with Gasteiger partial charge in [0.05, 0.1) is 16.1 Å². The first-order valence-corrected chi connectivity index (χ1v) is 10.0. The van der Waals surface area contributed by atoms with Gasteiger partial charge in [0.2, 0.25) is 0 Å². The predicted molar refractivity (Wildman–Crippen MR) is 115 cm³/mol. The molecule has 0 radical (unpaired) electrons. The standard InChI is InChI=1S/C22H21ClN4O3/c1-13(21(28)26-19-8-7-14(23)11-24-19)30-22(29)20-15-5-3-4-6-17(15)25-18-9-10-27(2)12-16(18)20/h3-8,11,13H,9-10,12H2,1-2H3,(H,24,26,28). The lowest BCUT2D eigenvalue weighted by Gasteiger charge is -2.27. The van der Waals surface area contributed by atoms with Crippen LogP contribution in [-0.2, 0) is 22.5 Å². The quantitative estimate of drug-likeness (QED) is 0.646. The van der Waals surface area contributed by atoms with E-state index in [-0.39, 0.29) is 0 Å². The summed E-state index contributed by atoms with van der Waals surface area (Å²) in [5, 5.41) is 3.82. The van der Waals surface area contributed by atoms with Crippen molar-refractivity contribution >= 4 is 40.2 Å². The number of nitrogens with zero attached hydrogens (tertiary/aromatic N) is 3. The molecule has 4 rings (SSSR count). The minimum Gasteiger partial charge on any atom is -0.449 e. The number of hydrogen-bond acceptors (Lipinski definition) is 6. The number of benzene rings is 1. The average Bonchev–Trinajstić information content (AvgIpc) is 2.73. The van der Waals surface area contributed by atoms with Crippen molar-refractivity contribution in [2.75, 3.05) is 18.9 Å². The maximum atomic E-state index is 13.2. The molecule has 3 aromatic rings. The number of carbonyl (C=O) groups is 2. The molecular formula is C22H21ClN4O3. The van der Waals surface area contributed by atoms with E-state index in [0.29, 0.717) is 22.9 Å². The second kappa shape index (κ2) is 8.38. The molecule has 8 heteroatoms. The van der Waals surface area contributed by atoms with Crippen LogP contribution in [0.1, 0.15) is 28.5 Å². The number of fused-ring (bicyclic) bond motifs is 2. The van der Waals surface area contributed by atoms with Crippen LogP contribution < -0.4 is 5.32 Å². The van der Waals surface area contributed by atoms with E-state index in [2.05, 4.69) is 15.2 Å². The van der Waals surface area contributed by atoms with Gasteiger partial charge in [0.1, 0.15) is 5.82 Å². The molecule has 1 unspecified atom stereocenters. The summed E-state index contributed by atoms with van der Waals surface area (Å²) in [5.41, 5.74) is 2.99. The molecule has 30 heavy (non-hydrogen) atoms. The van der Waals surface area contributed by atoms with Crippen LogP contribution in [0.15, 0.2) is 42.6 Å². The Balaban J connectivity index is 1.60. The van der Waals surface area contributed by atoms with Gasteiger partial charge in [-0.1, -0.05) is 29.8 Å². The molecule has 7 nitrogen and oxygen atoms in total. The lowest BCUT2D eigenvalue weighted by molar-refractivity contribution is -0.123. The zero-order valence-electron chi connectivity index (χ0n) is 16.7. The Hall–Kier alpha value is -3.03. The van der Waals surface area contributed by atoms with Gasteiger partial charge in [-0.3, -0.25) is 9.78 Å². The van der Waals surface area contributed by atoms with Gasteiger partial charge in [0.15, 0.2) is 6.10 Å². The number of rotatable bonds is 4. The van der Waals surface area contributed by atoms with Crippen molar-refractivity contribution < 1.29 is 14.3 Å². The van der Waals surface area contributed by atoms with Crippen molar-refractivity contribution in [3.05, 3.63) is 64.4 Å². The van der Waals surface area contributed by atoms with Crippen molar-refractivity contribution in [2.24, 2.45) is 0 Å². The van der Waals surface area contributed by atoms with Gasteiger partial charge in [-0.25, -0.2) is 9.78 Å². The second-order valence-corrected chi connectivity index (χ2v) is 7.75. The molecule has 3 heterocycles. The number of hydrogen-bond donors (Lipinski definition) is 1. The SMILES string of the molecule is CC(OC(=O)c1c2c(nc3ccccc13)CCN(C)C2)C(=O)Nc1ccc(Cl)cn1. The lowest BCUT2D eigenvalue weighted by Crippen LogP contribution is -2.32. The number of pyridine rings is 2. The lowest BCUT2D eigenvalue weighted by atomic mass is 9.96. The van der Waals surface area contributed by atoms with Crippen molar-refractivity contribution in [3.8, 4) is 0 Å². The van der Waals surface area contributed by atoms with Crippen LogP contribution in [0.3, 0.4) is 0 Å². The Kier molecular flexibility index (Phi) is 5.65. The first kappa shape index (κ1) is 20.3. The zero-order chi connectivity index (χ0) is 21.3. The van der Waals surface area contributed by atoms with Gasteiger partial charge < -0.3 is 15.0 Å². The molecule has 154 valence electrons. The fourth-order valence-corrected chi connectivity index (χ4v) is 3.62. The summed E-state index contributed by atoms with van der Waals surface area (Å²) in [7, 11) is 2.00. The van der Waals surface area contributed by atoms with Gasteiger partial charge in [-0.2, -0.15) is 0 Å². The summed E-state index contributed by atoms with van der Waals surface area (Å²) < 4.78 is 5.55. The van der Waals surface area contributed by atoms with Gasteiger partial charge in [-0.15, -0.1) is 0 Å². The minimum absolute atomic E-state index is 0.334. The van der Waals surface area contributed by atoms with E-state index in [1.54, 1.807) is 12.1 Å². The largest absolute Gasteiger partial charge is 0.449 e. The number of anilines is 1. The van der Waals surface area contributed by atoms with E-state index in [4.69, 9.17) is 21.3 Å². The van der Waals surface area contributed by atoms with Crippen LogP contribution in [-0.4, -0.2) is 46.4 Å². The highest BCUT2D eigenvalue weighted by molar-refractivity contribution is 6.30. The van der Waals surface area contributed by atoms with Crippen molar-refractivity contribution in [2.45, 2.75) is 26.0 Å². The molecule has 1 aromatic carbocycles. The molecular weight excluding hydrogens is 404 g/mol. The number of halogens is 1. The van der Waals surface area contributed by atoms with Crippen LogP contribution in [0, 0.1) is 0 Å². The van der Waals surface area contributed by atoms with E-state index in [0.717, 1.165) is 35.1 Å². The normalized spacial score (nSPS) is 14.8. The number of ether oxygens (including phenoxy) is 1. The summed E-state index contributed by atoms with van der Waals surface area (Å²) in [6.07, 6.45) is 1.19. The first-order chi connectivity index (χ1) is 14.4. The van der Waals surface area contributed by atoms with E-state index < -0.39 is 18.0 Å². The molecule has 1 aliphatic heterocycles. The molecule has 0 saturated heterocycles. The van der Waals surface area contributed by atoms with Crippen LogP contribution in [0.4, 0.5) is 5.82 Å². The first-order valence-electron chi connectivity index (χ1n) is 9.65. The van der Waals surface area contributed by atoms with E-state index in [1.807, 2.05) is 31.3 Å². The third-order valence-electron chi connectivity index (χ3n) is 5.07. The van der Waals surface area contributed by atoms with E-state index in [9.17, 15) is 9.59 Å². The Morgan fingerprint density at radius 1 is 1.23 bits per heavy atom. The van der Waals surface area contributed by atoms with Crippen LogP contribution in [0.25, 0.3) is 10.9 Å². The average molecular weight is 425 g/mol. The van der Waals surface area contributed by atoms with Crippen LogP contribution in [0.5, 0.6) is 0 Å². The molecule has 1 aliphatic rings. The number of carbonyl (C=O) groups excluding carboxylic acids is 2. The summed E-state index contributed by atoms with van der Waals surface area (Å²) in [5.74, 6) is -0.671. The molecule has 1 amide bonds. The monoisotopic (exact) mass is 424 g/mol. The maximum Gasteiger partial charge on any atom is 0.339 e. The zero-order valence-corrected chi connectivity index (χ0v) is 17.4. The molecule has 1 N–H and O–H groups in total. The van der Waals surface area contributed by atoms with Gasteiger partial charge in [0, 0.05) is 42.4 Å². The summed E-state index contributed by atoms with van der Waals surface area (Å²) in [6, 6.07) is 10.7. The highest BCUT2D eigenvalue weighted by Gasteiger charge is 2.27. The van der Waals surface area contributed by atoms with Crippen LogP contribution >= 0.6 is 11.6 Å².